The van der Waals surface area contributed by atoms with E-state index in [1.54, 1.807) is 0 Å². The molecule has 1 aliphatic heterocycles. The van der Waals surface area contributed by atoms with Gasteiger partial charge in [-0.05, 0) is 0 Å². The van der Waals surface area contributed by atoms with E-state index < -0.39 is 42.8 Å². The smallest absolute Gasteiger partial charge is 0.406 e. The lowest BCUT2D eigenvalue weighted by atomic mass is 9.99. The van der Waals surface area contributed by atoms with Gasteiger partial charge in [-0.3, -0.25) is 0 Å². The molecule has 0 aromatic heterocycles. The molecule has 0 aliphatic carbocycles. The molecule has 1 rings (SSSR count). The molecular formula is C7H11NO8. The first-order valence-corrected chi connectivity index (χ1v) is 4.23. The van der Waals surface area contributed by atoms with Crippen LogP contribution in [0.3, 0.4) is 0 Å². The average Bonchev–Trinajstić information content (AvgIpc) is 2.18. The van der Waals surface area contributed by atoms with Gasteiger partial charge in [-0.25, -0.2) is 9.59 Å². The zero-order chi connectivity index (χ0) is 12.5. The molecule has 1 unspecified atom stereocenters. The zero-order valence-corrected chi connectivity index (χ0v) is 7.89. The van der Waals surface area contributed by atoms with E-state index in [0.29, 0.717) is 0 Å². The number of nitrogens with two attached hydrogens (primary N) is 1. The highest BCUT2D eigenvalue weighted by Crippen LogP contribution is 2.22. The van der Waals surface area contributed by atoms with Crippen LogP contribution in [0.5, 0.6) is 0 Å². The highest BCUT2D eigenvalue weighted by Gasteiger charge is 2.48. The minimum atomic E-state index is -1.83. The van der Waals surface area contributed by atoms with Gasteiger partial charge in [0.25, 0.3) is 0 Å². The van der Waals surface area contributed by atoms with Crippen molar-refractivity contribution in [3.8, 4) is 0 Å². The van der Waals surface area contributed by atoms with E-state index in [1.807, 2.05) is 0 Å². The number of aliphatic carboxylic acids is 1. The lowest BCUT2D eigenvalue weighted by Gasteiger charge is -2.37. The van der Waals surface area contributed by atoms with Crippen LogP contribution in [0.1, 0.15) is 0 Å². The number of carboxylic acid groups (broad SMARTS) is 1. The van der Waals surface area contributed by atoms with Gasteiger partial charge in [0.05, 0.1) is 0 Å². The number of hydrogen-bond donors (Lipinski definition) is 5. The molecule has 16 heavy (non-hydrogen) atoms. The molecule has 0 radical (unpaired) electrons. The van der Waals surface area contributed by atoms with Crippen molar-refractivity contribution >= 4 is 12.1 Å². The Morgan fingerprint density at radius 3 is 2.12 bits per heavy atom. The number of ether oxygens (including phenoxy) is 2. The standard InChI is InChI=1S/C7H11NO8/c8-7(14)16-6-3(11)1(9)2(10)4(15-6)5(12)13/h1-4,6,9-11H,(H2,8,14)(H,12,13)/t1-,2-,3+,4-,6?/m0/s1. The summed E-state index contributed by atoms with van der Waals surface area (Å²) in [5, 5.41) is 36.4. The molecule has 1 aliphatic rings. The summed E-state index contributed by atoms with van der Waals surface area (Å²) in [4.78, 5) is 21.0. The van der Waals surface area contributed by atoms with Crippen LogP contribution in [0.15, 0.2) is 0 Å². The van der Waals surface area contributed by atoms with Crippen molar-refractivity contribution in [3.63, 3.8) is 0 Å². The maximum Gasteiger partial charge on any atom is 0.406 e. The summed E-state index contributed by atoms with van der Waals surface area (Å²) in [7, 11) is 0. The van der Waals surface area contributed by atoms with Crippen molar-refractivity contribution in [2.45, 2.75) is 30.7 Å². The predicted molar refractivity (Wildman–Crippen MR) is 45.0 cm³/mol. The summed E-state index contributed by atoms with van der Waals surface area (Å²) >= 11 is 0. The van der Waals surface area contributed by atoms with E-state index in [1.165, 1.54) is 0 Å². The Bertz CT molecular complexity index is 292. The largest absolute Gasteiger partial charge is 0.479 e. The summed E-state index contributed by atoms with van der Waals surface area (Å²) in [6.07, 6.45) is -10.3. The Morgan fingerprint density at radius 1 is 1.12 bits per heavy atom. The summed E-state index contributed by atoms with van der Waals surface area (Å²) in [6.45, 7) is 0. The van der Waals surface area contributed by atoms with Crippen LogP contribution in [0.4, 0.5) is 4.79 Å². The molecule has 0 aromatic carbocycles. The van der Waals surface area contributed by atoms with Crippen LogP contribution in [-0.4, -0.2) is 63.2 Å². The summed E-state index contributed by atoms with van der Waals surface area (Å²) < 4.78 is 8.81. The highest BCUT2D eigenvalue weighted by atomic mass is 16.7. The van der Waals surface area contributed by atoms with Gasteiger partial charge in [0.1, 0.15) is 18.3 Å². The third-order valence-corrected chi connectivity index (χ3v) is 2.05. The third kappa shape index (κ3) is 2.39. The number of rotatable bonds is 2. The lowest BCUT2D eigenvalue weighted by Crippen LogP contribution is -2.60. The molecule has 92 valence electrons. The molecule has 1 heterocycles. The molecule has 1 saturated heterocycles. The van der Waals surface area contributed by atoms with Gasteiger partial charge in [-0.15, -0.1) is 0 Å². The van der Waals surface area contributed by atoms with Crippen LogP contribution in [0, 0.1) is 0 Å². The van der Waals surface area contributed by atoms with E-state index in [-0.39, 0.29) is 0 Å². The Labute approximate surface area is 89.0 Å². The van der Waals surface area contributed by atoms with Crippen LogP contribution in [0.2, 0.25) is 0 Å². The predicted octanol–water partition coefficient (Wildman–Crippen LogP) is -3.03. The second kappa shape index (κ2) is 4.61. The second-order valence-electron chi connectivity index (χ2n) is 3.17. The molecule has 0 bridgehead atoms. The minimum Gasteiger partial charge on any atom is -0.479 e. The highest BCUT2D eigenvalue weighted by molar-refractivity contribution is 5.73. The SMILES string of the molecule is NC(=O)OC1O[C@H](C(=O)O)[C@@H](O)[C@H](O)[C@H]1O. The third-order valence-electron chi connectivity index (χ3n) is 2.05. The van der Waals surface area contributed by atoms with E-state index in [2.05, 4.69) is 15.2 Å². The first-order chi connectivity index (χ1) is 7.34. The molecule has 0 spiro atoms. The average molecular weight is 237 g/mol. The number of carbonyl (C=O) groups is 2. The van der Waals surface area contributed by atoms with E-state index in [0.717, 1.165) is 0 Å². The van der Waals surface area contributed by atoms with Crippen molar-refractivity contribution in [3.05, 3.63) is 0 Å². The van der Waals surface area contributed by atoms with Crippen molar-refractivity contribution < 1.29 is 39.5 Å². The minimum absolute atomic E-state index is 1.31. The molecule has 5 atom stereocenters. The lowest BCUT2D eigenvalue weighted by molar-refractivity contribution is -0.277. The monoisotopic (exact) mass is 237 g/mol. The molecule has 9 heteroatoms. The van der Waals surface area contributed by atoms with E-state index in [9.17, 15) is 24.9 Å². The number of aliphatic hydroxyl groups is 3. The van der Waals surface area contributed by atoms with Crippen molar-refractivity contribution in [2.24, 2.45) is 5.73 Å². The number of amides is 1. The number of carboxylic acids is 1. The van der Waals surface area contributed by atoms with Gasteiger partial charge < -0.3 is 35.6 Å². The second-order valence-corrected chi connectivity index (χ2v) is 3.17. The zero-order valence-electron chi connectivity index (χ0n) is 7.89. The topological polar surface area (TPSA) is 160 Å². The number of carbonyl (C=O) groups excluding carboxylic acids is 1. The maximum atomic E-state index is 10.6. The van der Waals surface area contributed by atoms with Crippen LogP contribution in [-0.2, 0) is 14.3 Å². The van der Waals surface area contributed by atoms with E-state index in [4.69, 9.17) is 5.11 Å². The van der Waals surface area contributed by atoms with Gasteiger partial charge in [-0.2, -0.15) is 0 Å². The number of hydrogen-bond acceptors (Lipinski definition) is 7. The van der Waals surface area contributed by atoms with Gasteiger partial charge in [0.15, 0.2) is 6.10 Å². The summed E-state index contributed by atoms with van der Waals surface area (Å²) in [6, 6.07) is 0. The molecule has 1 fully saturated rings. The Balaban J connectivity index is 2.80. The number of aliphatic hydroxyl groups excluding tert-OH is 3. The van der Waals surface area contributed by atoms with Gasteiger partial charge in [-0.1, -0.05) is 0 Å². The fraction of sp³-hybridized carbons (Fsp3) is 0.714. The molecule has 6 N–H and O–H groups in total. The van der Waals surface area contributed by atoms with Gasteiger partial charge >= 0.3 is 12.1 Å². The van der Waals surface area contributed by atoms with Crippen molar-refractivity contribution in [1.82, 2.24) is 0 Å². The van der Waals surface area contributed by atoms with Crippen molar-refractivity contribution in [2.75, 3.05) is 0 Å². The summed E-state index contributed by atoms with van der Waals surface area (Å²) in [5.74, 6) is -1.57. The van der Waals surface area contributed by atoms with Crippen LogP contribution in [0.25, 0.3) is 0 Å². The van der Waals surface area contributed by atoms with Gasteiger partial charge in [0.2, 0.25) is 6.29 Å². The van der Waals surface area contributed by atoms with Crippen molar-refractivity contribution in [1.29, 1.82) is 0 Å². The normalized spacial score (nSPS) is 39.1. The molecule has 1 amide bonds. The molecule has 0 aromatic rings. The Hall–Kier alpha value is -1.42. The first-order valence-electron chi connectivity index (χ1n) is 4.23. The Kier molecular flexibility index (Phi) is 3.65. The quantitative estimate of drug-likeness (QED) is 0.339. The first kappa shape index (κ1) is 12.6. The summed E-state index contributed by atoms with van der Waals surface area (Å²) in [5.41, 5.74) is 4.64. The molecule has 0 saturated carbocycles. The van der Waals surface area contributed by atoms with Gasteiger partial charge in [0, 0.05) is 0 Å². The Morgan fingerprint density at radius 2 is 1.69 bits per heavy atom. The van der Waals surface area contributed by atoms with E-state index >= 15 is 0 Å². The maximum absolute atomic E-state index is 10.6. The fourth-order valence-corrected chi connectivity index (χ4v) is 1.26. The van der Waals surface area contributed by atoms with Crippen LogP contribution >= 0.6 is 0 Å². The van der Waals surface area contributed by atoms with Crippen LogP contribution < -0.4 is 5.73 Å². The molecule has 9 nitrogen and oxygen atoms in total. The number of primary amides is 1. The fourth-order valence-electron chi connectivity index (χ4n) is 1.26. The molecular weight excluding hydrogens is 226 g/mol.